The highest BCUT2D eigenvalue weighted by Crippen LogP contribution is 2.14. The van der Waals surface area contributed by atoms with Crippen molar-refractivity contribution in [2.75, 3.05) is 26.5 Å². The molecule has 1 N–H and O–H groups in total. The van der Waals surface area contributed by atoms with Crippen LogP contribution in [0, 0.1) is 6.92 Å². The average molecular weight is 405 g/mol. The van der Waals surface area contributed by atoms with Crippen molar-refractivity contribution in [2.45, 2.75) is 26.3 Å². The third kappa shape index (κ3) is 7.70. The van der Waals surface area contributed by atoms with Crippen molar-refractivity contribution >= 4 is 15.9 Å². The fraction of sp³-hybridized carbons (Fsp3) is 0.381. The molecule has 2 rings (SSSR count). The number of aryl methyl sites for hydroxylation is 2. The molecular formula is C21H28N2O4S. The number of ether oxygens (including phenoxy) is 1. The Bertz CT molecular complexity index is 862. The van der Waals surface area contributed by atoms with Crippen molar-refractivity contribution in [1.29, 1.82) is 0 Å². The van der Waals surface area contributed by atoms with Crippen molar-refractivity contribution < 1.29 is 17.9 Å². The minimum absolute atomic E-state index is 0.0485. The SMILES string of the molecule is Cc1ccc(CCCNC(=O)COc2ccc(CN(C)S(C)(=O)=O)cc2)cc1. The Labute approximate surface area is 167 Å². The van der Waals surface area contributed by atoms with Crippen LogP contribution in [-0.2, 0) is 27.8 Å². The summed E-state index contributed by atoms with van der Waals surface area (Å²) in [6, 6.07) is 15.4. The molecule has 0 aromatic heterocycles. The van der Waals surface area contributed by atoms with Crippen LogP contribution in [0.15, 0.2) is 48.5 Å². The number of benzene rings is 2. The van der Waals surface area contributed by atoms with Crippen molar-refractivity contribution in [3.8, 4) is 5.75 Å². The Morgan fingerprint density at radius 2 is 1.64 bits per heavy atom. The van der Waals surface area contributed by atoms with Gasteiger partial charge in [-0.25, -0.2) is 12.7 Å². The standard InChI is InChI=1S/C21H28N2O4S/c1-17-6-8-18(9-7-17)5-4-14-22-21(24)16-27-20-12-10-19(11-13-20)15-23(2)28(3,25)26/h6-13H,4-5,14-16H2,1-3H3,(H,22,24). The van der Waals surface area contributed by atoms with Gasteiger partial charge in [0.15, 0.2) is 6.61 Å². The molecule has 6 nitrogen and oxygen atoms in total. The predicted octanol–water partition coefficient (Wildman–Crippen LogP) is 2.51. The van der Waals surface area contributed by atoms with Gasteiger partial charge in [0.1, 0.15) is 5.75 Å². The fourth-order valence-electron chi connectivity index (χ4n) is 2.54. The van der Waals surface area contributed by atoms with Crippen molar-refractivity contribution in [3.63, 3.8) is 0 Å². The quantitative estimate of drug-likeness (QED) is 0.618. The number of carbonyl (C=O) groups excluding carboxylic acids is 1. The second kappa shape index (κ2) is 10.2. The molecule has 0 spiro atoms. The number of amides is 1. The topological polar surface area (TPSA) is 75.7 Å². The molecule has 152 valence electrons. The van der Waals surface area contributed by atoms with Crippen LogP contribution in [0.2, 0.25) is 0 Å². The van der Waals surface area contributed by atoms with Gasteiger partial charge in [-0.3, -0.25) is 4.79 Å². The number of nitrogens with zero attached hydrogens (tertiary/aromatic N) is 1. The molecule has 0 radical (unpaired) electrons. The van der Waals surface area contributed by atoms with Crippen LogP contribution in [0.1, 0.15) is 23.1 Å². The maximum Gasteiger partial charge on any atom is 0.257 e. The van der Waals surface area contributed by atoms with Gasteiger partial charge in [-0.1, -0.05) is 42.0 Å². The second-order valence-electron chi connectivity index (χ2n) is 6.89. The predicted molar refractivity (Wildman–Crippen MR) is 111 cm³/mol. The van der Waals surface area contributed by atoms with E-state index in [9.17, 15) is 13.2 Å². The van der Waals surface area contributed by atoms with Gasteiger partial charge in [0.25, 0.3) is 5.91 Å². The van der Waals surface area contributed by atoms with Crippen LogP contribution in [0.25, 0.3) is 0 Å². The molecule has 1 amide bonds. The molecule has 0 bridgehead atoms. The van der Waals surface area contributed by atoms with Crippen LogP contribution < -0.4 is 10.1 Å². The lowest BCUT2D eigenvalue weighted by Crippen LogP contribution is -2.29. The molecule has 0 aliphatic carbocycles. The molecule has 0 aliphatic rings. The zero-order valence-corrected chi connectivity index (χ0v) is 17.5. The lowest BCUT2D eigenvalue weighted by Gasteiger charge is -2.14. The minimum Gasteiger partial charge on any atom is -0.484 e. The summed E-state index contributed by atoms with van der Waals surface area (Å²) in [7, 11) is -1.68. The summed E-state index contributed by atoms with van der Waals surface area (Å²) in [5, 5.41) is 2.85. The van der Waals surface area contributed by atoms with Crippen LogP contribution in [0.3, 0.4) is 0 Å². The van der Waals surface area contributed by atoms with E-state index in [1.807, 2.05) is 0 Å². The minimum atomic E-state index is -3.21. The molecule has 0 saturated carbocycles. The Balaban J connectivity index is 1.67. The first-order chi connectivity index (χ1) is 13.2. The molecule has 0 heterocycles. The Hall–Kier alpha value is -2.38. The second-order valence-corrected chi connectivity index (χ2v) is 8.98. The van der Waals surface area contributed by atoms with Crippen molar-refractivity contribution in [2.24, 2.45) is 0 Å². The zero-order valence-electron chi connectivity index (χ0n) is 16.6. The molecular weight excluding hydrogens is 376 g/mol. The van der Waals surface area contributed by atoms with E-state index in [1.54, 1.807) is 24.3 Å². The Morgan fingerprint density at radius 3 is 2.25 bits per heavy atom. The van der Waals surface area contributed by atoms with Crippen molar-refractivity contribution in [3.05, 3.63) is 65.2 Å². The van der Waals surface area contributed by atoms with E-state index in [0.29, 0.717) is 18.8 Å². The third-order valence-electron chi connectivity index (χ3n) is 4.35. The van der Waals surface area contributed by atoms with E-state index in [0.717, 1.165) is 18.4 Å². The van der Waals surface area contributed by atoms with E-state index >= 15 is 0 Å². The van der Waals surface area contributed by atoms with Crippen LogP contribution in [-0.4, -0.2) is 45.1 Å². The maximum absolute atomic E-state index is 11.9. The van der Waals surface area contributed by atoms with Gasteiger partial charge in [-0.2, -0.15) is 0 Å². The monoisotopic (exact) mass is 404 g/mol. The maximum atomic E-state index is 11.9. The number of sulfonamides is 1. The summed E-state index contributed by atoms with van der Waals surface area (Å²) >= 11 is 0. The van der Waals surface area contributed by atoms with Gasteiger partial charge >= 0.3 is 0 Å². The van der Waals surface area contributed by atoms with Gasteiger partial charge < -0.3 is 10.1 Å². The zero-order chi connectivity index (χ0) is 20.6. The van der Waals surface area contributed by atoms with E-state index in [2.05, 4.69) is 36.5 Å². The number of carbonyl (C=O) groups is 1. The lowest BCUT2D eigenvalue weighted by atomic mass is 10.1. The van der Waals surface area contributed by atoms with Gasteiger partial charge in [-0.15, -0.1) is 0 Å². The van der Waals surface area contributed by atoms with Gasteiger partial charge in [0, 0.05) is 20.1 Å². The Kier molecular flexibility index (Phi) is 8.02. The van der Waals surface area contributed by atoms with Crippen molar-refractivity contribution in [1.82, 2.24) is 9.62 Å². The lowest BCUT2D eigenvalue weighted by molar-refractivity contribution is -0.123. The smallest absolute Gasteiger partial charge is 0.257 e. The fourth-order valence-corrected chi connectivity index (χ4v) is 2.92. The molecule has 0 atom stereocenters. The molecule has 2 aromatic rings. The van der Waals surface area contributed by atoms with E-state index in [-0.39, 0.29) is 12.5 Å². The first-order valence-electron chi connectivity index (χ1n) is 9.19. The number of rotatable bonds is 10. The average Bonchev–Trinajstić information content (AvgIpc) is 2.65. The van der Waals surface area contributed by atoms with E-state index in [4.69, 9.17) is 4.74 Å². The first kappa shape index (κ1) is 21.9. The highest BCUT2D eigenvalue weighted by molar-refractivity contribution is 7.88. The largest absolute Gasteiger partial charge is 0.484 e. The summed E-state index contributed by atoms with van der Waals surface area (Å²) in [6.07, 6.45) is 2.96. The Morgan fingerprint density at radius 1 is 1.04 bits per heavy atom. The van der Waals surface area contributed by atoms with Gasteiger partial charge in [0.2, 0.25) is 10.0 Å². The molecule has 0 unspecified atom stereocenters. The molecule has 28 heavy (non-hydrogen) atoms. The van der Waals surface area contributed by atoms with Crippen LogP contribution in [0.4, 0.5) is 0 Å². The molecule has 0 fully saturated rings. The summed E-state index contributed by atoms with van der Waals surface area (Å²) in [6.45, 7) is 2.91. The highest BCUT2D eigenvalue weighted by Gasteiger charge is 2.11. The first-order valence-corrected chi connectivity index (χ1v) is 11.0. The number of hydrogen-bond acceptors (Lipinski definition) is 4. The number of nitrogens with one attached hydrogen (secondary N) is 1. The summed E-state index contributed by atoms with van der Waals surface area (Å²) in [5.74, 6) is 0.408. The normalized spacial score (nSPS) is 11.4. The summed E-state index contributed by atoms with van der Waals surface area (Å²) < 4.78 is 29.6. The van der Waals surface area contributed by atoms with E-state index < -0.39 is 10.0 Å². The van der Waals surface area contributed by atoms with Gasteiger partial charge in [0.05, 0.1) is 6.26 Å². The molecule has 0 aliphatic heterocycles. The molecule has 7 heteroatoms. The summed E-state index contributed by atoms with van der Waals surface area (Å²) in [4.78, 5) is 11.9. The van der Waals surface area contributed by atoms with Gasteiger partial charge in [-0.05, 0) is 43.0 Å². The summed E-state index contributed by atoms with van der Waals surface area (Å²) in [5.41, 5.74) is 3.35. The number of hydrogen-bond donors (Lipinski definition) is 1. The van der Waals surface area contributed by atoms with Crippen LogP contribution in [0.5, 0.6) is 5.75 Å². The molecule has 0 saturated heterocycles. The van der Waals surface area contributed by atoms with Crippen LogP contribution >= 0.6 is 0 Å². The molecule has 2 aromatic carbocycles. The third-order valence-corrected chi connectivity index (χ3v) is 5.61. The highest BCUT2D eigenvalue weighted by atomic mass is 32.2. The van der Waals surface area contributed by atoms with E-state index in [1.165, 1.54) is 28.7 Å².